The summed E-state index contributed by atoms with van der Waals surface area (Å²) in [5.74, 6) is 0. The second kappa shape index (κ2) is 14.4. The minimum absolute atomic E-state index is 0.592. The lowest BCUT2D eigenvalue weighted by atomic mass is 9.73. The zero-order valence-electron chi connectivity index (χ0n) is 36.6. The second-order valence-electron chi connectivity index (χ2n) is 17.9. The lowest BCUT2D eigenvalue weighted by Gasteiger charge is -2.33. The van der Waals surface area contributed by atoms with Gasteiger partial charge in [0.15, 0.2) is 0 Å². The zero-order valence-corrected chi connectivity index (χ0v) is 38.2. The molecule has 13 aromatic rings. The lowest BCUT2D eigenvalue weighted by Crippen LogP contribution is -2.25. The summed E-state index contributed by atoms with van der Waals surface area (Å²) in [4.78, 5) is 6.28. The fraction of sp³-hybridized carbons (Fsp3) is 0.0159. The molecular formula is C63H38N2OS2. The molecule has 0 saturated heterocycles. The quantitative estimate of drug-likeness (QED) is 0.166. The molecule has 68 heavy (non-hydrogen) atoms. The number of para-hydroxylation sites is 3. The van der Waals surface area contributed by atoms with Crippen LogP contribution in [0.1, 0.15) is 21.6 Å². The van der Waals surface area contributed by atoms with Crippen LogP contribution in [0.3, 0.4) is 0 Å². The maximum absolute atomic E-state index is 6.35. The van der Waals surface area contributed by atoms with Crippen molar-refractivity contribution in [2.24, 2.45) is 0 Å². The highest BCUT2D eigenvalue weighted by atomic mass is 32.1. The average molecular weight is 903 g/mol. The van der Waals surface area contributed by atoms with Crippen molar-refractivity contribution >= 4 is 109 Å². The lowest BCUT2D eigenvalue weighted by molar-refractivity contribution is 0.669. The first-order chi connectivity index (χ1) is 33.7. The number of benzene rings is 10. The van der Waals surface area contributed by atoms with Crippen LogP contribution in [-0.2, 0) is 5.41 Å². The van der Waals surface area contributed by atoms with Gasteiger partial charge in [-0.15, -0.1) is 22.7 Å². The molecule has 318 valence electrons. The highest BCUT2D eigenvalue weighted by Gasteiger charge is 2.54. The smallest absolute Gasteiger partial charge is 0.135 e. The van der Waals surface area contributed by atoms with Gasteiger partial charge in [-0.1, -0.05) is 140 Å². The van der Waals surface area contributed by atoms with Crippen LogP contribution in [0.5, 0.6) is 0 Å². The Bertz CT molecular complexity index is 4180. The van der Waals surface area contributed by atoms with Crippen molar-refractivity contribution in [3.05, 3.63) is 252 Å². The van der Waals surface area contributed by atoms with E-state index < -0.39 is 5.41 Å². The Morgan fingerprint density at radius 3 is 1.71 bits per heavy atom. The van der Waals surface area contributed by atoms with Gasteiger partial charge < -0.3 is 14.2 Å². The predicted molar refractivity (Wildman–Crippen MR) is 288 cm³/mol. The van der Waals surface area contributed by atoms with Crippen molar-refractivity contribution in [1.82, 2.24) is 0 Å². The van der Waals surface area contributed by atoms with Gasteiger partial charge >= 0.3 is 0 Å². The Kier molecular flexibility index (Phi) is 8.03. The Morgan fingerprint density at radius 2 is 0.897 bits per heavy atom. The van der Waals surface area contributed by atoms with Crippen LogP contribution >= 0.6 is 22.7 Å². The molecule has 1 atom stereocenters. The van der Waals surface area contributed by atoms with Gasteiger partial charge in [0.25, 0.3) is 0 Å². The first-order valence-corrected chi connectivity index (χ1v) is 24.8. The molecule has 0 fully saturated rings. The van der Waals surface area contributed by atoms with Crippen molar-refractivity contribution in [2.45, 2.75) is 5.41 Å². The Morgan fingerprint density at radius 1 is 0.338 bits per heavy atom. The molecule has 15 rings (SSSR count). The van der Waals surface area contributed by atoms with Gasteiger partial charge in [0.05, 0.1) is 15.8 Å². The first kappa shape index (κ1) is 37.9. The third-order valence-corrected chi connectivity index (χ3v) is 16.9. The highest BCUT2D eigenvalue weighted by molar-refractivity contribution is 7.26. The number of rotatable bonds is 6. The van der Waals surface area contributed by atoms with Gasteiger partial charge in [-0.2, -0.15) is 0 Å². The topological polar surface area (TPSA) is 19.6 Å². The van der Waals surface area contributed by atoms with Crippen LogP contribution in [0.25, 0.3) is 74.5 Å². The minimum Gasteiger partial charge on any atom is -0.456 e. The summed E-state index contributed by atoms with van der Waals surface area (Å²) in [6.45, 7) is 0. The number of anilines is 6. The van der Waals surface area contributed by atoms with E-state index in [1.54, 1.807) is 0 Å². The SMILES string of the molecule is c1ccc(N(c2ccc3c(c2)C2(c4ccccc4-c4ccc(N(c5ccccc5)c5cccc6c5sc5ccccc56)cc42)c2sc4ccccc4c2-3)c2ccc3oc4ccccc4c3c2)cc1. The monoisotopic (exact) mass is 902 g/mol. The van der Waals surface area contributed by atoms with Gasteiger partial charge in [-0.3, -0.25) is 0 Å². The summed E-state index contributed by atoms with van der Waals surface area (Å²) in [5.41, 5.74) is 17.0. The minimum atomic E-state index is -0.592. The average Bonchev–Trinajstić information content (AvgIpc) is 4.20. The molecule has 0 radical (unpaired) electrons. The molecule has 0 N–H and O–H groups in total. The maximum Gasteiger partial charge on any atom is 0.135 e. The second-order valence-corrected chi connectivity index (χ2v) is 20.0. The molecule has 1 unspecified atom stereocenters. The number of thiophene rings is 2. The van der Waals surface area contributed by atoms with Crippen LogP contribution in [0.4, 0.5) is 34.1 Å². The van der Waals surface area contributed by atoms with Crippen molar-refractivity contribution in [1.29, 1.82) is 0 Å². The Labute approximate surface area is 400 Å². The van der Waals surface area contributed by atoms with E-state index in [9.17, 15) is 0 Å². The molecular weight excluding hydrogens is 865 g/mol. The molecule has 5 heteroatoms. The van der Waals surface area contributed by atoms with E-state index in [0.29, 0.717) is 0 Å². The van der Waals surface area contributed by atoms with E-state index in [0.717, 1.165) is 50.4 Å². The van der Waals surface area contributed by atoms with Crippen LogP contribution in [-0.4, -0.2) is 0 Å². The molecule has 10 aromatic carbocycles. The van der Waals surface area contributed by atoms with E-state index >= 15 is 0 Å². The Hall–Kier alpha value is -8.22. The van der Waals surface area contributed by atoms with E-state index in [1.807, 2.05) is 28.7 Å². The summed E-state index contributed by atoms with van der Waals surface area (Å²) in [6, 6.07) is 85.0. The molecule has 0 amide bonds. The van der Waals surface area contributed by atoms with Crippen molar-refractivity contribution in [3.63, 3.8) is 0 Å². The fourth-order valence-electron chi connectivity index (χ4n) is 11.6. The van der Waals surface area contributed by atoms with Gasteiger partial charge in [-0.25, -0.2) is 0 Å². The fourth-order valence-corrected chi connectivity index (χ4v) is 14.3. The molecule has 3 nitrogen and oxygen atoms in total. The van der Waals surface area contributed by atoms with Crippen molar-refractivity contribution in [3.8, 4) is 22.3 Å². The standard InChI is InChI=1S/C63H38N2OS2/c1-3-16-39(17-4-1)64(41-32-35-57-51(36-41)46-21-8-12-27-56(46)66-57)42-31-34-49-54(37-42)63(62-60(49)50-23-10-14-29-59(50)68-62)52-25-11-7-20-44(52)45-33-30-43(38-53(45)63)65(40-18-5-2-6-19-40)55-26-15-24-48-47-22-9-13-28-58(47)67-61(48)55/h1-38H. The summed E-state index contributed by atoms with van der Waals surface area (Å²) < 4.78 is 10.2. The third-order valence-electron chi connectivity index (χ3n) is 14.4. The molecule has 0 bridgehead atoms. The third kappa shape index (κ3) is 5.23. The van der Waals surface area contributed by atoms with E-state index in [1.165, 1.54) is 79.8 Å². The Balaban J connectivity index is 1.01. The van der Waals surface area contributed by atoms with Gasteiger partial charge in [0, 0.05) is 75.2 Å². The summed E-state index contributed by atoms with van der Waals surface area (Å²) in [6.07, 6.45) is 0. The molecule has 2 aliphatic rings. The molecule has 3 heterocycles. The largest absolute Gasteiger partial charge is 0.456 e. The van der Waals surface area contributed by atoms with Gasteiger partial charge in [-0.05, 0) is 124 Å². The summed E-state index contributed by atoms with van der Waals surface area (Å²) >= 11 is 3.83. The van der Waals surface area contributed by atoms with Crippen LogP contribution < -0.4 is 9.80 Å². The van der Waals surface area contributed by atoms with Gasteiger partial charge in [0.1, 0.15) is 11.2 Å². The van der Waals surface area contributed by atoms with Gasteiger partial charge in [0.2, 0.25) is 0 Å². The van der Waals surface area contributed by atoms with Crippen LogP contribution in [0, 0.1) is 0 Å². The number of hydrogen-bond donors (Lipinski definition) is 0. The van der Waals surface area contributed by atoms with E-state index in [2.05, 4.69) is 234 Å². The molecule has 2 aliphatic carbocycles. The zero-order chi connectivity index (χ0) is 44.5. The molecule has 0 saturated carbocycles. The normalized spacial score (nSPS) is 14.5. The first-order valence-electron chi connectivity index (χ1n) is 23.2. The molecule has 1 spiro atoms. The van der Waals surface area contributed by atoms with Crippen LogP contribution in [0.15, 0.2) is 235 Å². The summed E-state index contributed by atoms with van der Waals surface area (Å²) in [7, 11) is 0. The number of furan rings is 1. The number of nitrogens with zero attached hydrogens (tertiary/aromatic N) is 2. The number of fused-ring (bicyclic) bond motifs is 18. The van der Waals surface area contributed by atoms with Crippen LogP contribution in [0.2, 0.25) is 0 Å². The highest BCUT2D eigenvalue weighted by Crippen LogP contribution is 2.67. The van der Waals surface area contributed by atoms with Crippen molar-refractivity contribution < 1.29 is 4.42 Å². The molecule has 0 aliphatic heterocycles. The van der Waals surface area contributed by atoms with E-state index in [-0.39, 0.29) is 0 Å². The number of hydrogen-bond acceptors (Lipinski definition) is 5. The van der Waals surface area contributed by atoms with E-state index in [4.69, 9.17) is 4.42 Å². The predicted octanol–water partition coefficient (Wildman–Crippen LogP) is 18.5. The molecule has 3 aromatic heterocycles. The summed E-state index contributed by atoms with van der Waals surface area (Å²) in [5, 5.41) is 6.10. The maximum atomic E-state index is 6.35. The van der Waals surface area contributed by atoms with Crippen molar-refractivity contribution in [2.75, 3.05) is 9.80 Å².